The minimum atomic E-state index is -4.56. The molecule has 9 nitrogen and oxygen atoms in total. The molecular weight excluding hydrogens is 557 g/mol. The Bertz CT molecular complexity index is 1710. The van der Waals surface area contributed by atoms with Gasteiger partial charge in [-0.2, -0.15) is 13.2 Å². The zero-order valence-corrected chi connectivity index (χ0v) is 22.1. The Morgan fingerprint density at radius 2 is 1.72 bits per heavy atom. The lowest BCUT2D eigenvalue weighted by Crippen LogP contribution is -2.30. The molecule has 0 aliphatic carbocycles. The molecule has 0 amide bonds. The lowest BCUT2D eigenvalue weighted by Gasteiger charge is -2.23. The van der Waals surface area contributed by atoms with Crippen LogP contribution in [0, 0.1) is 6.92 Å². The number of H-pyrrole nitrogens is 1. The summed E-state index contributed by atoms with van der Waals surface area (Å²) in [6.45, 7) is 3.28. The van der Waals surface area contributed by atoms with Gasteiger partial charge in [-0.25, -0.2) is 13.1 Å². The Balaban J connectivity index is 1.72. The van der Waals surface area contributed by atoms with Crippen molar-refractivity contribution >= 4 is 44.5 Å². The first-order valence-electron chi connectivity index (χ1n) is 11.4. The number of halogens is 4. The second kappa shape index (κ2) is 10.6. The SMILES string of the molecule is CCN(c1ccc(C(F)(F)F)cc1)S(=O)(=O)c1ccccc1N=Nc1c(N)[nH]n(-c2cc(C)ccc2Cl)c1=O. The summed E-state index contributed by atoms with van der Waals surface area (Å²) in [7, 11) is -4.30. The second-order valence-electron chi connectivity index (χ2n) is 8.35. The Morgan fingerprint density at radius 3 is 2.36 bits per heavy atom. The highest BCUT2D eigenvalue weighted by Crippen LogP contribution is 2.34. The summed E-state index contributed by atoms with van der Waals surface area (Å²) in [4.78, 5) is 12.8. The summed E-state index contributed by atoms with van der Waals surface area (Å²) in [5, 5.41) is 10.9. The van der Waals surface area contributed by atoms with Crippen LogP contribution in [0.15, 0.2) is 86.6 Å². The quantitative estimate of drug-likeness (QED) is 0.247. The Kier molecular flexibility index (Phi) is 7.57. The molecule has 3 aromatic carbocycles. The van der Waals surface area contributed by atoms with E-state index < -0.39 is 27.3 Å². The van der Waals surface area contributed by atoms with Crippen molar-refractivity contribution in [2.75, 3.05) is 16.6 Å². The third kappa shape index (κ3) is 5.54. The number of benzene rings is 3. The maximum Gasteiger partial charge on any atom is 0.416 e. The van der Waals surface area contributed by atoms with E-state index in [4.69, 9.17) is 17.3 Å². The van der Waals surface area contributed by atoms with Gasteiger partial charge >= 0.3 is 11.7 Å². The van der Waals surface area contributed by atoms with Gasteiger partial charge in [0.2, 0.25) is 0 Å². The van der Waals surface area contributed by atoms with E-state index in [1.54, 1.807) is 25.1 Å². The van der Waals surface area contributed by atoms with Crippen LogP contribution in [0.2, 0.25) is 5.02 Å². The van der Waals surface area contributed by atoms with Gasteiger partial charge in [0, 0.05) is 6.54 Å². The van der Waals surface area contributed by atoms with Crippen LogP contribution in [0.5, 0.6) is 0 Å². The van der Waals surface area contributed by atoms with Gasteiger partial charge in [0.15, 0.2) is 5.69 Å². The molecule has 0 unspecified atom stereocenters. The van der Waals surface area contributed by atoms with E-state index in [0.717, 1.165) is 38.8 Å². The van der Waals surface area contributed by atoms with Crippen molar-refractivity contribution in [3.8, 4) is 5.69 Å². The number of azo groups is 1. The van der Waals surface area contributed by atoms with Gasteiger partial charge in [0.1, 0.15) is 16.4 Å². The van der Waals surface area contributed by atoms with Crippen LogP contribution in [0.25, 0.3) is 5.69 Å². The third-order valence-corrected chi connectivity index (χ3v) is 7.97. The van der Waals surface area contributed by atoms with Crippen molar-refractivity contribution in [3.63, 3.8) is 0 Å². The summed E-state index contributed by atoms with van der Waals surface area (Å²) in [6, 6.07) is 14.5. The Labute approximate surface area is 226 Å². The van der Waals surface area contributed by atoms with E-state index in [2.05, 4.69) is 15.3 Å². The molecule has 0 saturated carbocycles. The van der Waals surface area contributed by atoms with Crippen LogP contribution >= 0.6 is 11.6 Å². The summed E-state index contributed by atoms with van der Waals surface area (Å²) in [6.07, 6.45) is -4.56. The molecule has 0 radical (unpaired) electrons. The number of rotatable bonds is 7. The van der Waals surface area contributed by atoms with Crippen LogP contribution in [-0.4, -0.2) is 24.7 Å². The summed E-state index contributed by atoms with van der Waals surface area (Å²) < 4.78 is 68.1. The number of hydrogen-bond donors (Lipinski definition) is 2. The number of nitrogens with zero attached hydrogens (tertiary/aromatic N) is 4. The summed E-state index contributed by atoms with van der Waals surface area (Å²) in [5.41, 5.74) is 5.23. The van der Waals surface area contributed by atoms with Crippen LogP contribution in [0.4, 0.5) is 36.1 Å². The lowest BCUT2D eigenvalue weighted by atomic mass is 10.2. The number of aromatic amines is 1. The highest BCUT2D eigenvalue weighted by atomic mass is 35.5. The van der Waals surface area contributed by atoms with Crippen LogP contribution in [0.1, 0.15) is 18.1 Å². The second-order valence-corrected chi connectivity index (χ2v) is 10.6. The number of sulfonamides is 1. The molecule has 1 aromatic heterocycles. The average molecular weight is 579 g/mol. The molecule has 0 saturated heterocycles. The monoisotopic (exact) mass is 578 g/mol. The van der Waals surface area contributed by atoms with E-state index in [9.17, 15) is 26.4 Å². The molecule has 4 rings (SSSR count). The fourth-order valence-electron chi connectivity index (χ4n) is 3.79. The minimum absolute atomic E-state index is 0.0324. The molecule has 3 N–H and O–H groups in total. The van der Waals surface area contributed by atoms with Gasteiger partial charge < -0.3 is 5.73 Å². The molecule has 204 valence electrons. The third-order valence-electron chi connectivity index (χ3n) is 5.70. The molecule has 1 heterocycles. The van der Waals surface area contributed by atoms with Crippen LogP contribution in [0.3, 0.4) is 0 Å². The molecule has 0 aliphatic heterocycles. The number of aromatic nitrogens is 2. The summed E-state index contributed by atoms with van der Waals surface area (Å²) >= 11 is 6.23. The zero-order valence-electron chi connectivity index (χ0n) is 20.6. The van der Waals surface area contributed by atoms with Gasteiger partial charge in [0.05, 0.1) is 22.0 Å². The van der Waals surface area contributed by atoms with Gasteiger partial charge in [-0.3, -0.25) is 14.2 Å². The van der Waals surface area contributed by atoms with Crippen molar-refractivity contribution in [1.29, 1.82) is 0 Å². The molecule has 14 heteroatoms. The van der Waals surface area contributed by atoms with Gasteiger partial charge in [-0.1, -0.05) is 29.8 Å². The van der Waals surface area contributed by atoms with Crippen molar-refractivity contribution in [1.82, 2.24) is 9.78 Å². The van der Waals surface area contributed by atoms with Crippen molar-refractivity contribution in [2.45, 2.75) is 24.9 Å². The number of alkyl halides is 3. The smallest absolute Gasteiger partial charge is 0.382 e. The molecule has 0 fully saturated rings. The highest BCUT2D eigenvalue weighted by molar-refractivity contribution is 7.93. The largest absolute Gasteiger partial charge is 0.416 e. The predicted octanol–water partition coefficient (Wildman–Crippen LogP) is 6.36. The summed E-state index contributed by atoms with van der Waals surface area (Å²) in [5.74, 6) is -0.124. The number of anilines is 2. The maximum atomic E-state index is 13.6. The van der Waals surface area contributed by atoms with E-state index in [1.165, 1.54) is 24.3 Å². The predicted molar refractivity (Wildman–Crippen MR) is 143 cm³/mol. The molecule has 0 spiro atoms. The fraction of sp³-hybridized carbons (Fsp3) is 0.160. The lowest BCUT2D eigenvalue weighted by molar-refractivity contribution is -0.137. The zero-order chi connectivity index (χ0) is 28.5. The number of nitrogen functional groups attached to an aromatic ring is 1. The van der Waals surface area contributed by atoms with Gasteiger partial charge in [-0.05, 0) is 67.9 Å². The topological polar surface area (TPSA) is 126 Å². The van der Waals surface area contributed by atoms with Crippen LogP contribution in [-0.2, 0) is 16.2 Å². The van der Waals surface area contributed by atoms with Crippen molar-refractivity contribution in [3.05, 3.63) is 93.2 Å². The minimum Gasteiger partial charge on any atom is -0.382 e. The first-order valence-corrected chi connectivity index (χ1v) is 13.2. The van der Waals surface area contributed by atoms with E-state index >= 15 is 0 Å². The van der Waals surface area contributed by atoms with E-state index in [-0.39, 0.29) is 39.3 Å². The standard InChI is InChI=1S/C25H22ClF3N6O3S/c1-3-34(17-11-9-16(10-12-17)25(27,28)29)39(37,38)21-7-5-4-6-19(21)31-32-22-23(30)33-35(24(22)36)20-14-15(2)8-13-18(20)26/h4-14,33H,3,30H2,1-2H3. The molecule has 0 bridgehead atoms. The average Bonchev–Trinajstić information content (AvgIpc) is 3.17. The van der Waals surface area contributed by atoms with Gasteiger partial charge in [0.25, 0.3) is 10.0 Å². The number of hydrogen-bond acceptors (Lipinski definition) is 6. The Hall–Kier alpha value is -4.10. The van der Waals surface area contributed by atoms with Crippen LogP contribution < -0.4 is 15.6 Å². The molecule has 4 aromatic rings. The first-order chi connectivity index (χ1) is 18.3. The number of nitrogens with one attached hydrogen (secondary N) is 1. The molecule has 39 heavy (non-hydrogen) atoms. The highest BCUT2D eigenvalue weighted by Gasteiger charge is 2.31. The number of nitrogens with two attached hydrogens (primary N) is 1. The normalized spacial score (nSPS) is 12.3. The first kappa shape index (κ1) is 27.9. The molecule has 0 aliphatic rings. The van der Waals surface area contributed by atoms with E-state index in [0.29, 0.717) is 5.69 Å². The number of aryl methyl sites for hydroxylation is 1. The molecular formula is C25H22ClF3N6O3S. The maximum absolute atomic E-state index is 13.6. The van der Waals surface area contributed by atoms with Crippen molar-refractivity contribution < 1.29 is 21.6 Å². The van der Waals surface area contributed by atoms with Gasteiger partial charge in [-0.15, -0.1) is 10.2 Å². The fourth-order valence-corrected chi connectivity index (χ4v) is 5.60. The van der Waals surface area contributed by atoms with Crippen molar-refractivity contribution in [2.24, 2.45) is 10.2 Å². The molecule has 0 atom stereocenters. The Morgan fingerprint density at radius 1 is 1.05 bits per heavy atom. The van der Waals surface area contributed by atoms with E-state index in [1.807, 2.05) is 6.92 Å².